The van der Waals surface area contributed by atoms with Crippen LogP contribution in [0.5, 0.6) is 0 Å². The van der Waals surface area contributed by atoms with E-state index in [0.717, 1.165) is 45.8 Å². The Kier molecular flexibility index (Phi) is 5.17. The number of benzene rings is 1. The van der Waals surface area contributed by atoms with Crippen molar-refractivity contribution in [2.45, 2.75) is 26.4 Å². The highest BCUT2D eigenvalue weighted by Crippen LogP contribution is 2.19. The van der Waals surface area contributed by atoms with Crippen LogP contribution in [0.25, 0.3) is 0 Å². The summed E-state index contributed by atoms with van der Waals surface area (Å²) in [6.07, 6.45) is 1.16. The van der Waals surface area contributed by atoms with Crippen LogP contribution in [-0.4, -0.2) is 38.3 Å². The number of likely N-dealkylation sites (N-methyl/N-ethyl adjacent to an activating group) is 1. The molecule has 2 rings (SSSR count). The number of fused-ring (bicyclic) bond motifs is 1. The SMILES string of the molecule is CCOCCN(C)Cc1cccc2c1CCNC2. The quantitative estimate of drug-likeness (QED) is 0.777. The average Bonchev–Trinajstić information content (AvgIpc) is 2.39. The Hall–Kier alpha value is -0.900. The summed E-state index contributed by atoms with van der Waals surface area (Å²) >= 11 is 0. The summed E-state index contributed by atoms with van der Waals surface area (Å²) in [7, 11) is 2.17. The molecule has 0 saturated heterocycles. The van der Waals surface area contributed by atoms with Gasteiger partial charge in [-0.3, -0.25) is 4.90 Å². The van der Waals surface area contributed by atoms with Crippen LogP contribution in [0.15, 0.2) is 18.2 Å². The van der Waals surface area contributed by atoms with Gasteiger partial charge in [-0.05, 0) is 43.6 Å². The number of nitrogens with zero attached hydrogens (tertiary/aromatic N) is 1. The van der Waals surface area contributed by atoms with Gasteiger partial charge in [-0.1, -0.05) is 18.2 Å². The molecule has 0 bridgehead atoms. The first kappa shape index (κ1) is 13.5. The van der Waals surface area contributed by atoms with Gasteiger partial charge in [-0.15, -0.1) is 0 Å². The fourth-order valence-corrected chi connectivity index (χ4v) is 2.49. The van der Waals surface area contributed by atoms with Crippen molar-refractivity contribution in [1.82, 2.24) is 10.2 Å². The third kappa shape index (κ3) is 3.55. The molecule has 0 fully saturated rings. The van der Waals surface area contributed by atoms with Gasteiger partial charge < -0.3 is 10.1 Å². The predicted octanol–water partition coefficient (Wildman–Crippen LogP) is 1.80. The highest BCUT2D eigenvalue weighted by Gasteiger charge is 2.13. The fraction of sp³-hybridized carbons (Fsp3) is 0.600. The maximum absolute atomic E-state index is 5.40. The Labute approximate surface area is 110 Å². The first-order valence-corrected chi connectivity index (χ1v) is 6.88. The zero-order chi connectivity index (χ0) is 12.8. The van der Waals surface area contributed by atoms with Crippen molar-refractivity contribution in [2.24, 2.45) is 0 Å². The molecular formula is C15H24N2O. The molecule has 0 atom stereocenters. The summed E-state index contributed by atoms with van der Waals surface area (Å²) in [6.45, 7) is 7.81. The van der Waals surface area contributed by atoms with Crippen LogP contribution < -0.4 is 5.32 Å². The lowest BCUT2D eigenvalue weighted by atomic mass is 9.95. The second-order valence-electron chi connectivity index (χ2n) is 4.92. The molecule has 0 radical (unpaired) electrons. The van der Waals surface area contributed by atoms with Gasteiger partial charge in [0, 0.05) is 26.2 Å². The lowest BCUT2D eigenvalue weighted by Gasteiger charge is -2.23. The molecule has 1 N–H and O–H groups in total. The molecule has 3 nitrogen and oxygen atoms in total. The van der Waals surface area contributed by atoms with Crippen molar-refractivity contribution < 1.29 is 4.74 Å². The zero-order valence-electron chi connectivity index (χ0n) is 11.5. The molecule has 3 heteroatoms. The maximum atomic E-state index is 5.40. The minimum Gasteiger partial charge on any atom is -0.380 e. The van der Waals surface area contributed by atoms with Crippen LogP contribution in [0.1, 0.15) is 23.6 Å². The van der Waals surface area contributed by atoms with Crippen LogP contribution >= 0.6 is 0 Å². The van der Waals surface area contributed by atoms with Gasteiger partial charge in [0.25, 0.3) is 0 Å². The van der Waals surface area contributed by atoms with Crippen molar-refractivity contribution in [3.63, 3.8) is 0 Å². The van der Waals surface area contributed by atoms with Gasteiger partial charge in [-0.25, -0.2) is 0 Å². The standard InChI is InChI=1S/C15H24N2O/c1-3-18-10-9-17(2)12-14-6-4-5-13-11-16-8-7-15(13)14/h4-6,16H,3,7-12H2,1-2H3. The van der Waals surface area contributed by atoms with Gasteiger partial charge in [0.15, 0.2) is 0 Å². The number of ether oxygens (including phenoxy) is 1. The highest BCUT2D eigenvalue weighted by atomic mass is 16.5. The van der Waals surface area contributed by atoms with Gasteiger partial charge in [0.1, 0.15) is 0 Å². The van der Waals surface area contributed by atoms with Crippen LogP contribution in [-0.2, 0) is 24.2 Å². The molecule has 1 aliphatic rings. The Morgan fingerprint density at radius 1 is 1.39 bits per heavy atom. The third-order valence-corrected chi connectivity index (χ3v) is 3.50. The van der Waals surface area contributed by atoms with Crippen molar-refractivity contribution in [3.8, 4) is 0 Å². The molecule has 0 unspecified atom stereocenters. The molecule has 0 spiro atoms. The second-order valence-corrected chi connectivity index (χ2v) is 4.92. The minimum absolute atomic E-state index is 0.806. The fourth-order valence-electron chi connectivity index (χ4n) is 2.49. The van der Waals surface area contributed by atoms with Crippen LogP contribution in [0.2, 0.25) is 0 Å². The number of hydrogen-bond donors (Lipinski definition) is 1. The molecule has 1 aromatic rings. The first-order valence-electron chi connectivity index (χ1n) is 6.88. The van der Waals surface area contributed by atoms with Crippen molar-refractivity contribution in [2.75, 3.05) is 33.4 Å². The second kappa shape index (κ2) is 6.88. The Morgan fingerprint density at radius 3 is 3.11 bits per heavy atom. The van der Waals surface area contributed by atoms with Gasteiger partial charge in [-0.2, -0.15) is 0 Å². The Morgan fingerprint density at radius 2 is 2.28 bits per heavy atom. The summed E-state index contributed by atoms with van der Waals surface area (Å²) in [5.41, 5.74) is 4.50. The Bertz CT molecular complexity index is 379. The third-order valence-electron chi connectivity index (χ3n) is 3.50. The van der Waals surface area contributed by atoms with Crippen LogP contribution in [0, 0.1) is 0 Å². The maximum Gasteiger partial charge on any atom is 0.0593 e. The van der Waals surface area contributed by atoms with E-state index in [1.54, 1.807) is 5.56 Å². The van der Waals surface area contributed by atoms with Gasteiger partial charge >= 0.3 is 0 Å². The smallest absolute Gasteiger partial charge is 0.0593 e. The molecule has 1 aromatic carbocycles. The normalized spacial score (nSPS) is 14.8. The summed E-state index contributed by atoms with van der Waals surface area (Å²) in [5.74, 6) is 0. The lowest BCUT2D eigenvalue weighted by molar-refractivity contribution is 0.120. The summed E-state index contributed by atoms with van der Waals surface area (Å²) in [4.78, 5) is 2.34. The van der Waals surface area contributed by atoms with E-state index in [1.807, 2.05) is 6.92 Å². The van der Waals surface area contributed by atoms with E-state index in [0.29, 0.717) is 0 Å². The summed E-state index contributed by atoms with van der Waals surface area (Å²) in [6, 6.07) is 6.68. The number of rotatable bonds is 6. The van der Waals surface area contributed by atoms with E-state index in [4.69, 9.17) is 4.74 Å². The van der Waals surface area contributed by atoms with Crippen molar-refractivity contribution >= 4 is 0 Å². The molecule has 1 heterocycles. The zero-order valence-corrected chi connectivity index (χ0v) is 11.5. The Balaban J connectivity index is 1.96. The van der Waals surface area contributed by atoms with E-state index in [9.17, 15) is 0 Å². The highest BCUT2D eigenvalue weighted by molar-refractivity contribution is 5.36. The predicted molar refractivity (Wildman–Crippen MR) is 74.7 cm³/mol. The summed E-state index contributed by atoms with van der Waals surface area (Å²) in [5, 5.41) is 3.43. The number of hydrogen-bond acceptors (Lipinski definition) is 3. The lowest BCUT2D eigenvalue weighted by Crippen LogP contribution is -2.27. The van der Waals surface area contributed by atoms with Gasteiger partial charge in [0.2, 0.25) is 0 Å². The monoisotopic (exact) mass is 248 g/mol. The molecule has 0 aliphatic carbocycles. The van der Waals surface area contributed by atoms with Crippen molar-refractivity contribution in [1.29, 1.82) is 0 Å². The van der Waals surface area contributed by atoms with Gasteiger partial charge in [0.05, 0.1) is 6.61 Å². The van der Waals surface area contributed by atoms with E-state index in [1.165, 1.54) is 11.1 Å². The molecule has 0 amide bonds. The first-order chi connectivity index (χ1) is 8.81. The van der Waals surface area contributed by atoms with Crippen LogP contribution in [0.4, 0.5) is 0 Å². The minimum atomic E-state index is 0.806. The molecule has 100 valence electrons. The van der Waals surface area contributed by atoms with E-state index in [-0.39, 0.29) is 0 Å². The van der Waals surface area contributed by atoms with E-state index in [2.05, 4.69) is 35.5 Å². The molecular weight excluding hydrogens is 224 g/mol. The van der Waals surface area contributed by atoms with E-state index < -0.39 is 0 Å². The summed E-state index contributed by atoms with van der Waals surface area (Å²) < 4.78 is 5.40. The number of nitrogens with one attached hydrogen (secondary N) is 1. The molecule has 0 aromatic heterocycles. The topological polar surface area (TPSA) is 24.5 Å². The molecule has 1 aliphatic heterocycles. The van der Waals surface area contributed by atoms with E-state index >= 15 is 0 Å². The van der Waals surface area contributed by atoms with Crippen LogP contribution in [0.3, 0.4) is 0 Å². The van der Waals surface area contributed by atoms with Crippen molar-refractivity contribution in [3.05, 3.63) is 34.9 Å². The largest absolute Gasteiger partial charge is 0.380 e. The molecule has 18 heavy (non-hydrogen) atoms. The molecule has 0 saturated carbocycles. The average molecular weight is 248 g/mol.